The average molecular weight is 337 g/mol. The van der Waals surface area contributed by atoms with Gasteiger partial charge in [0, 0.05) is 11.4 Å². The van der Waals surface area contributed by atoms with Crippen LogP contribution >= 0.6 is 22.7 Å². The largest absolute Gasteiger partial charge is 0.367 e. The van der Waals surface area contributed by atoms with Gasteiger partial charge in [0.05, 0.1) is 30.4 Å². The first-order valence-corrected chi connectivity index (χ1v) is 9.05. The lowest BCUT2D eigenvalue weighted by atomic mass is 10.1. The molecule has 7 heteroatoms. The summed E-state index contributed by atoms with van der Waals surface area (Å²) < 4.78 is 5.96. The summed E-state index contributed by atoms with van der Waals surface area (Å²) in [4.78, 5) is 19.6. The van der Waals surface area contributed by atoms with E-state index < -0.39 is 0 Å². The number of carbonyl (C=O) groups excluding carboxylic acids is 1. The molecule has 0 bridgehead atoms. The maximum absolute atomic E-state index is 12.4. The van der Waals surface area contributed by atoms with Gasteiger partial charge in [0.25, 0.3) is 0 Å². The summed E-state index contributed by atoms with van der Waals surface area (Å²) >= 11 is 3.22. The fraction of sp³-hybridized carbons (Fsp3) is 0.467. The molecule has 5 nitrogen and oxygen atoms in total. The van der Waals surface area contributed by atoms with E-state index >= 15 is 0 Å². The molecule has 1 aliphatic rings. The molecule has 0 radical (unpaired) electrons. The fourth-order valence-electron chi connectivity index (χ4n) is 2.52. The lowest BCUT2D eigenvalue weighted by molar-refractivity contribution is -0.0655. The highest BCUT2D eigenvalue weighted by Crippen LogP contribution is 2.26. The van der Waals surface area contributed by atoms with Crippen LogP contribution in [0, 0.1) is 6.92 Å². The number of ether oxygens (including phenoxy) is 1. The van der Waals surface area contributed by atoms with Crippen molar-refractivity contribution in [3.8, 4) is 0 Å². The Morgan fingerprint density at radius 2 is 2.41 bits per heavy atom. The Labute approximate surface area is 137 Å². The highest BCUT2D eigenvalue weighted by molar-refractivity contribution is 7.09. The standard InChI is InChI=1S/C15H19N3O2S2/c1-10-6-18(7-13(20-10)12-3-4-21-8-12)15(19)16-5-14-11(2)17-9-22-14/h3-4,8-10,13H,5-7H2,1-2H3,(H,16,19)/t10-,13-/m1/s1. The molecule has 0 saturated carbocycles. The Kier molecular flexibility index (Phi) is 4.75. The van der Waals surface area contributed by atoms with Crippen LogP contribution in [0.3, 0.4) is 0 Å². The molecule has 1 saturated heterocycles. The number of amides is 2. The van der Waals surface area contributed by atoms with Crippen LogP contribution in [0.4, 0.5) is 4.79 Å². The van der Waals surface area contributed by atoms with Gasteiger partial charge in [-0.15, -0.1) is 11.3 Å². The SMILES string of the molecule is Cc1ncsc1CNC(=O)N1C[C@@H](C)O[C@@H](c2ccsc2)C1. The number of thiophene rings is 1. The van der Waals surface area contributed by atoms with E-state index in [9.17, 15) is 4.79 Å². The monoisotopic (exact) mass is 337 g/mol. The molecule has 2 aromatic rings. The molecule has 22 heavy (non-hydrogen) atoms. The van der Waals surface area contributed by atoms with Crippen molar-refractivity contribution in [3.05, 3.63) is 38.5 Å². The second-order valence-electron chi connectivity index (χ2n) is 5.42. The van der Waals surface area contributed by atoms with E-state index in [4.69, 9.17) is 4.74 Å². The third kappa shape index (κ3) is 3.48. The molecule has 1 aliphatic heterocycles. The number of hydrogen-bond donors (Lipinski definition) is 1. The molecule has 1 N–H and O–H groups in total. The first-order chi connectivity index (χ1) is 10.6. The Morgan fingerprint density at radius 3 is 3.09 bits per heavy atom. The van der Waals surface area contributed by atoms with Gasteiger partial charge in [0.2, 0.25) is 0 Å². The molecule has 3 heterocycles. The van der Waals surface area contributed by atoms with Gasteiger partial charge >= 0.3 is 6.03 Å². The quantitative estimate of drug-likeness (QED) is 0.936. The number of hydrogen-bond acceptors (Lipinski definition) is 5. The minimum atomic E-state index is -0.0387. The molecular formula is C15H19N3O2S2. The van der Waals surface area contributed by atoms with Crippen LogP contribution in [0.25, 0.3) is 0 Å². The number of aryl methyl sites for hydroxylation is 1. The topological polar surface area (TPSA) is 54.5 Å². The second-order valence-corrected chi connectivity index (χ2v) is 7.14. The van der Waals surface area contributed by atoms with E-state index in [1.165, 1.54) is 0 Å². The molecule has 0 aromatic carbocycles. The summed E-state index contributed by atoms with van der Waals surface area (Å²) in [5.41, 5.74) is 3.93. The third-order valence-corrected chi connectivity index (χ3v) is 5.34. The summed E-state index contributed by atoms with van der Waals surface area (Å²) in [5, 5.41) is 7.11. The van der Waals surface area contributed by atoms with E-state index in [0.29, 0.717) is 19.6 Å². The zero-order chi connectivity index (χ0) is 15.5. The lowest BCUT2D eigenvalue weighted by Crippen LogP contribution is -2.49. The Morgan fingerprint density at radius 1 is 1.55 bits per heavy atom. The van der Waals surface area contributed by atoms with Crippen LogP contribution in [0.15, 0.2) is 22.3 Å². The molecule has 118 valence electrons. The molecule has 3 rings (SSSR count). The molecule has 0 unspecified atom stereocenters. The molecule has 0 spiro atoms. The Balaban J connectivity index is 1.60. The van der Waals surface area contributed by atoms with Crippen molar-refractivity contribution < 1.29 is 9.53 Å². The summed E-state index contributed by atoms with van der Waals surface area (Å²) in [6.07, 6.45) is 0.000399. The molecule has 0 aliphatic carbocycles. The number of morpholine rings is 1. The van der Waals surface area contributed by atoms with Crippen molar-refractivity contribution in [2.24, 2.45) is 0 Å². The summed E-state index contributed by atoms with van der Waals surface area (Å²) in [6.45, 7) is 5.71. The summed E-state index contributed by atoms with van der Waals surface area (Å²) in [7, 11) is 0. The van der Waals surface area contributed by atoms with Crippen LogP contribution in [0.2, 0.25) is 0 Å². The van der Waals surface area contributed by atoms with Gasteiger partial charge in [-0.3, -0.25) is 0 Å². The minimum absolute atomic E-state index is 0.0362. The molecule has 2 amide bonds. The summed E-state index contributed by atoms with van der Waals surface area (Å²) in [6, 6.07) is 2.02. The van der Waals surface area contributed by atoms with Crippen molar-refractivity contribution in [3.63, 3.8) is 0 Å². The Hall–Kier alpha value is -1.44. The fourth-order valence-corrected chi connectivity index (χ4v) is 3.94. The number of aromatic nitrogens is 1. The third-order valence-electron chi connectivity index (χ3n) is 3.71. The molecular weight excluding hydrogens is 318 g/mol. The number of rotatable bonds is 3. The van der Waals surface area contributed by atoms with E-state index in [0.717, 1.165) is 16.1 Å². The van der Waals surface area contributed by atoms with Crippen LogP contribution in [0.5, 0.6) is 0 Å². The van der Waals surface area contributed by atoms with E-state index in [2.05, 4.69) is 21.7 Å². The number of carbonyl (C=O) groups is 1. The molecule has 1 fully saturated rings. The van der Waals surface area contributed by atoms with Crippen molar-refractivity contribution >= 4 is 28.7 Å². The first-order valence-electron chi connectivity index (χ1n) is 7.22. The van der Waals surface area contributed by atoms with Gasteiger partial charge in [-0.05, 0) is 36.2 Å². The van der Waals surface area contributed by atoms with Crippen molar-refractivity contribution in [1.29, 1.82) is 0 Å². The van der Waals surface area contributed by atoms with Crippen molar-refractivity contribution in [2.75, 3.05) is 13.1 Å². The second kappa shape index (κ2) is 6.76. The number of nitrogens with one attached hydrogen (secondary N) is 1. The normalized spacial score (nSPS) is 21.8. The highest BCUT2D eigenvalue weighted by Gasteiger charge is 2.29. The van der Waals surface area contributed by atoms with Gasteiger partial charge in [0.1, 0.15) is 6.10 Å². The van der Waals surface area contributed by atoms with Crippen molar-refractivity contribution in [1.82, 2.24) is 15.2 Å². The smallest absolute Gasteiger partial charge is 0.317 e. The first kappa shape index (κ1) is 15.5. The predicted octanol–water partition coefficient (Wildman–Crippen LogP) is 3.18. The van der Waals surface area contributed by atoms with Crippen LogP contribution in [-0.2, 0) is 11.3 Å². The maximum Gasteiger partial charge on any atom is 0.317 e. The van der Waals surface area contributed by atoms with E-state index in [-0.39, 0.29) is 18.2 Å². The van der Waals surface area contributed by atoms with E-state index in [1.54, 1.807) is 28.2 Å². The molecule has 2 atom stereocenters. The number of thiazole rings is 1. The summed E-state index contributed by atoms with van der Waals surface area (Å²) in [5.74, 6) is 0. The lowest BCUT2D eigenvalue weighted by Gasteiger charge is -2.36. The van der Waals surface area contributed by atoms with Gasteiger partial charge in [-0.25, -0.2) is 9.78 Å². The van der Waals surface area contributed by atoms with Crippen LogP contribution < -0.4 is 5.32 Å². The number of urea groups is 1. The van der Waals surface area contributed by atoms with Crippen LogP contribution in [0.1, 0.15) is 29.2 Å². The predicted molar refractivity (Wildman–Crippen MR) is 88.3 cm³/mol. The molecule has 2 aromatic heterocycles. The average Bonchev–Trinajstić information content (AvgIpc) is 3.15. The minimum Gasteiger partial charge on any atom is -0.367 e. The van der Waals surface area contributed by atoms with Gasteiger partial charge < -0.3 is 15.0 Å². The zero-order valence-corrected chi connectivity index (χ0v) is 14.2. The number of nitrogens with zero attached hydrogens (tertiary/aromatic N) is 2. The van der Waals surface area contributed by atoms with Gasteiger partial charge in [0.15, 0.2) is 0 Å². The van der Waals surface area contributed by atoms with Gasteiger partial charge in [-0.1, -0.05) is 0 Å². The van der Waals surface area contributed by atoms with E-state index in [1.807, 2.05) is 24.1 Å². The van der Waals surface area contributed by atoms with Gasteiger partial charge in [-0.2, -0.15) is 11.3 Å². The maximum atomic E-state index is 12.4. The Bertz CT molecular complexity index is 627. The van der Waals surface area contributed by atoms with Crippen molar-refractivity contribution in [2.45, 2.75) is 32.6 Å². The highest BCUT2D eigenvalue weighted by atomic mass is 32.1. The van der Waals surface area contributed by atoms with Crippen LogP contribution in [-0.4, -0.2) is 35.1 Å². The zero-order valence-electron chi connectivity index (χ0n) is 12.6.